The summed E-state index contributed by atoms with van der Waals surface area (Å²) in [7, 11) is 0. The molecule has 1 aromatic heterocycles. The Kier molecular flexibility index (Phi) is 4.58. The zero-order valence-electron chi connectivity index (χ0n) is 14.2. The first-order chi connectivity index (χ1) is 12.5. The molecule has 3 N–H and O–H groups in total. The van der Waals surface area contributed by atoms with Crippen LogP contribution in [0, 0.1) is 0 Å². The molecule has 1 aromatic rings. The number of carboxylic acid groups (broad SMARTS) is 1. The van der Waals surface area contributed by atoms with Crippen LogP contribution in [0.3, 0.4) is 0 Å². The molecule has 3 aliphatic heterocycles. The van der Waals surface area contributed by atoms with Crippen molar-refractivity contribution >= 4 is 34.1 Å². The van der Waals surface area contributed by atoms with E-state index < -0.39 is 18.0 Å². The highest BCUT2D eigenvalue weighted by atomic mass is 32.1. The third-order valence-corrected chi connectivity index (χ3v) is 6.22. The molecule has 2 amide bonds. The summed E-state index contributed by atoms with van der Waals surface area (Å²) in [5, 5.41) is 14.9. The molecular weight excluding hydrogens is 358 g/mol. The van der Waals surface area contributed by atoms with Crippen LogP contribution in [-0.2, 0) is 16.0 Å². The number of hydrogen-bond donors (Lipinski definition) is 3. The van der Waals surface area contributed by atoms with Crippen molar-refractivity contribution in [3.05, 3.63) is 16.0 Å². The number of nitrogens with zero attached hydrogens (tertiary/aromatic N) is 1. The number of rotatable bonds is 3. The lowest BCUT2D eigenvalue weighted by atomic mass is 10.0. The van der Waals surface area contributed by atoms with Crippen molar-refractivity contribution in [1.29, 1.82) is 0 Å². The highest BCUT2D eigenvalue weighted by Gasteiger charge is 2.37. The molecular formula is C17H21N3O5S. The molecule has 3 aliphatic rings. The number of carboxylic acids is 1. The van der Waals surface area contributed by atoms with E-state index in [2.05, 4.69) is 10.6 Å². The van der Waals surface area contributed by atoms with Crippen LogP contribution in [0.25, 0.3) is 0 Å². The van der Waals surface area contributed by atoms with E-state index in [-0.39, 0.29) is 12.0 Å². The molecule has 1 fully saturated rings. The maximum absolute atomic E-state index is 13.1. The van der Waals surface area contributed by atoms with E-state index in [1.54, 1.807) is 0 Å². The van der Waals surface area contributed by atoms with Crippen LogP contribution in [0.15, 0.2) is 0 Å². The third kappa shape index (κ3) is 3.05. The number of fused-ring (bicyclic) bond motifs is 3. The van der Waals surface area contributed by atoms with Crippen molar-refractivity contribution < 1.29 is 24.2 Å². The van der Waals surface area contributed by atoms with Gasteiger partial charge in [-0.05, 0) is 37.7 Å². The molecule has 0 aliphatic carbocycles. The van der Waals surface area contributed by atoms with Gasteiger partial charge in [-0.2, -0.15) is 0 Å². The maximum Gasteiger partial charge on any atom is 0.347 e. The monoisotopic (exact) mass is 379 g/mol. The molecule has 1 saturated heterocycles. The Morgan fingerprint density at radius 2 is 2.12 bits per heavy atom. The van der Waals surface area contributed by atoms with E-state index in [0.717, 1.165) is 37.9 Å². The summed E-state index contributed by atoms with van der Waals surface area (Å²) in [5.74, 6) is -1.68. The first-order valence-corrected chi connectivity index (χ1v) is 9.73. The number of anilines is 1. The fourth-order valence-electron chi connectivity index (χ4n) is 3.78. The van der Waals surface area contributed by atoms with Crippen LogP contribution >= 0.6 is 11.3 Å². The average Bonchev–Trinajstić information content (AvgIpc) is 2.93. The van der Waals surface area contributed by atoms with Gasteiger partial charge in [-0.3, -0.25) is 9.59 Å². The van der Waals surface area contributed by atoms with Gasteiger partial charge in [0, 0.05) is 19.7 Å². The number of hydrogen-bond acceptors (Lipinski definition) is 6. The highest BCUT2D eigenvalue weighted by molar-refractivity contribution is 7.18. The van der Waals surface area contributed by atoms with Crippen molar-refractivity contribution in [1.82, 2.24) is 10.2 Å². The quantitative estimate of drug-likeness (QED) is 0.730. The van der Waals surface area contributed by atoms with E-state index >= 15 is 0 Å². The summed E-state index contributed by atoms with van der Waals surface area (Å²) in [4.78, 5) is 39.0. The Hall–Kier alpha value is -2.13. The molecule has 4 rings (SSSR count). The molecule has 2 unspecified atom stereocenters. The third-order valence-electron chi connectivity index (χ3n) is 5.07. The summed E-state index contributed by atoms with van der Waals surface area (Å²) in [5.41, 5.74) is 1.16. The second-order valence-corrected chi connectivity index (χ2v) is 7.87. The van der Waals surface area contributed by atoms with Gasteiger partial charge in [-0.15, -0.1) is 11.3 Å². The van der Waals surface area contributed by atoms with Gasteiger partial charge in [0.15, 0.2) is 0 Å². The van der Waals surface area contributed by atoms with Crippen LogP contribution < -0.4 is 10.6 Å². The number of ether oxygens (including phenoxy) is 1. The lowest BCUT2D eigenvalue weighted by molar-refractivity contribution is -0.138. The second kappa shape index (κ2) is 6.88. The summed E-state index contributed by atoms with van der Waals surface area (Å²) in [6.45, 7) is 1.95. The lowest BCUT2D eigenvalue weighted by Gasteiger charge is -2.29. The number of amides is 2. The van der Waals surface area contributed by atoms with Crippen LogP contribution in [-0.4, -0.2) is 59.8 Å². The van der Waals surface area contributed by atoms with Crippen LogP contribution in [0.5, 0.6) is 0 Å². The Morgan fingerprint density at radius 3 is 2.85 bits per heavy atom. The topological polar surface area (TPSA) is 108 Å². The minimum Gasteiger partial charge on any atom is -0.478 e. The van der Waals surface area contributed by atoms with Crippen molar-refractivity contribution in [2.24, 2.45) is 0 Å². The van der Waals surface area contributed by atoms with Gasteiger partial charge in [-0.1, -0.05) is 0 Å². The first kappa shape index (κ1) is 17.3. The number of carbonyl (C=O) groups excluding carboxylic acids is 2. The number of carbonyl (C=O) groups is 3. The SMILES string of the molecule is O=C1NC(C(=O)O)Nc2sc3c(c21)CCCN(CC1CCCCO1)C3=O. The zero-order chi connectivity index (χ0) is 18.3. The van der Waals surface area contributed by atoms with Crippen molar-refractivity contribution in [3.8, 4) is 0 Å². The van der Waals surface area contributed by atoms with E-state index in [9.17, 15) is 14.4 Å². The number of thiophene rings is 1. The molecule has 0 bridgehead atoms. The molecule has 0 saturated carbocycles. The summed E-state index contributed by atoms with van der Waals surface area (Å²) < 4.78 is 5.76. The molecule has 9 heteroatoms. The molecule has 8 nitrogen and oxygen atoms in total. The minimum atomic E-state index is -1.17. The van der Waals surface area contributed by atoms with Crippen LogP contribution in [0.2, 0.25) is 0 Å². The molecule has 0 spiro atoms. The van der Waals surface area contributed by atoms with Gasteiger partial charge < -0.3 is 25.4 Å². The Balaban J connectivity index is 1.60. The predicted octanol–water partition coefficient (Wildman–Crippen LogP) is 1.27. The maximum atomic E-state index is 13.1. The fraction of sp³-hybridized carbons (Fsp3) is 0.588. The molecule has 2 atom stereocenters. The number of nitrogens with one attached hydrogen (secondary N) is 2. The summed E-state index contributed by atoms with van der Waals surface area (Å²) >= 11 is 1.18. The average molecular weight is 379 g/mol. The molecule has 4 heterocycles. The summed E-state index contributed by atoms with van der Waals surface area (Å²) in [6.07, 6.45) is 3.44. The van der Waals surface area contributed by atoms with E-state index in [0.29, 0.717) is 35.0 Å². The largest absolute Gasteiger partial charge is 0.478 e. The molecule has 0 aromatic carbocycles. The minimum absolute atomic E-state index is 0.0710. The zero-order valence-corrected chi connectivity index (χ0v) is 15.1. The summed E-state index contributed by atoms with van der Waals surface area (Å²) in [6, 6.07) is 0. The standard InChI is InChI=1S/C17H21N3O5S/c21-14-11-10-5-3-6-20(8-9-4-1-2-7-25-9)16(22)12(10)26-15(11)19-13(18-14)17(23)24/h9,13,19H,1-8H2,(H,18,21)(H,23,24). The fourth-order valence-corrected chi connectivity index (χ4v) is 5.02. The number of aliphatic carboxylic acids is 1. The van der Waals surface area contributed by atoms with Gasteiger partial charge in [-0.25, -0.2) is 4.79 Å². The van der Waals surface area contributed by atoms with E-state index in [4.69, 9.17) is 9.84 Å². The lowest BCUT2D eigenvalue weighted by Crippen LogP contribution is -2.49. The van der Waals surface area contributed by atoms with Crippen molar-refractivity contribution in [3.63, 3.8) is 0 Å². The van der Waals surface area contributed by atoms with E-state index in [1.807, 2.05) is 4.90 Å². The normalized spacial score (nSPS) is 25.6. The highest BCUT2D eigenvalue weighted by Crippen LogP contribution is 2.38. The Morgan fingerprint density at radius 1 is 1.27 bits per heavy atom. The van der Waals surface area contributed by atoms with Crippen LogP contribution in [0.4, 0.5) is 5.00 Å². The molecule has 26 heavy (non-hydrogen) atoms. The predicted molar refractivity (Wildman–Crippen MR) is 94.6 cm³/mol. The first-order valence-electron chi connectivity index (χ1n) is 8.91. The van der Waals surface area contributed by atoms with Gasteiger partial charge in [0.1, 0.15) is 5.00 Å². The Labute approximate surface area is 154 Å². The Bertz CT molecular complexity index is 756. The molecule has 0 radical (unpaired) electrons. The van der Waals surface area contributed by atoms with Crippen molar-refractivity contribution in [2.45, 2.75) is 44.4 Å². The van der Waals surface area contributed by atoms with Gasteiger partial charge in [0.25, 0.3) is 11.8 Å². The second-order valence-electron chi connectivity index (χ2n) is 6.85. The van der Waals surface area contributed by atoms with Gasteiger partial charge >= 0.3 is 5.97 Å². The molecule has 140 valence electrons. The van der Waals surface area contributed by atoms with Gasteiger partial charge in [0.05, 0.1) is 16.5 Å². The smallest absolute Gasteiger partial charge is 0.347 e. The van der Waals surface area contributed by atoms with E-state index in [1.165, 1.54) is 11.3 Å². The van der Waals surface area contributed by atoms with Crippen molar-refractivity contribution in [2.75, 3.05) is 25.0 Å². The van der Waals surface area contributed by atoms with Crippen LogP contribution in [0.1, 0.15) is 51.3 Å². The van der Waals surface area contributed by atoms with Gasteiger partial charge in [0.2, 0.25) is 6.17 Å².